The summed E-state index contributed by atoms with van der Waals surface area (Å²) in [6.07, 6.45) is 6.43. The number of alkyl carbamates (subject to hydrolysis) is 1. The highest BCUT2D eigenvalue weighted by Crippen LogP contribution is 2.23. The van der Waals surface area contributed by atoms with Crippen LogP contribution in [0.2, 0.25) is 0 Å². The first-order chi connectivity index (χ1) is 7.22. The molecule has 0 unspecified atom stereocenters. The zero-order chi connectivity index (χ0) is 11.1. The van der Waals surface area contributed by atoms with Gasteiger partial charge in [0.2, 0.25) is 0 Å². The van der Waals surface area contributed by atoms with Gasteiger partial charge in [-0.15, -0.1) is 0 Å². The third-order valence-electron chi connectivity index (χ3n) is 3.07. The van der Waals surface area contributed by atoms with Crippen LogP contribution < -0.4 is 5.32 Å². The van der Waals surface area contributed by atoms with Gasteiger partial charge in [0.05, 0.1) is 6.61 Å². The molecule has 0 aromatic rings. The van der Waals surface area contributed by atoms with E-state index in [2.05, 4.69) is 19.2 Å². The summed E-state index contributed by atoms with van der Waals surface area (Å²) in [6.45, 7) is 4.91. The Labute approximate surface area is 92.6 Å². The van der Waals surface area contributed by atoms with Crippen molar-refractivity contribution < 1.29 is 9.53 Å². The van der Waals surface area contributed by atoms with Crippen molar-refractivity contribution in [3.05, 3.63) is 0 Å². The largest absolute Gasteiger partial charge is 0.450 e. The van der Waals surface area contributed by atoms with Crippen molar-refractivity contribution in [3.8, 4) is 0 Å². The quantitative estimate of drug-likeness (QED) is 0.729. The summed E-state index contributed by atoms with van der Waals surface area (Å²) in [5.74, 6) is 0.819. The molecule has 0 spiro atoms. The highest BCUT2D eigenvalue weighted by atomic mass is 16.5. The summed E-state index contributed by atoms with van der Waals surface area (Å²) in [5, 5.41) is 2.94. The summed E-state index contributed by atoms with van der Waals surface area (Å²) in [6, 6.07) is 0.343. The van der Waals surface area contributed by atoms with E-state index in [1.54, 1.807) is 0 Å². The number of carbonyl (C=O) groups excluding carboxylic acids is 1. The summed E-state index contributed by atoms with van der Waals surface area (Å²) in [4.78, 5) is 11.3. The van der Waals surface area contributed by atoms with Crippen LogP contribution in [-0.2, 0) is 4.74 Å². The Morgan fingerprint density at radius 1 is 1.33 bits per heavy atom. The second-order valence-corrected chi connectivity index (χ2v) is 4.59. The third-order valence-corrected chi connectivity index (χ3v) is 3.07. The predicted octanol–water partition coefficient (Wildman–Crippen LogP) is 3.09. The van der Waals surface area contributed by atoms with E-state index in [1.807, 2.05) is 0 Å². The smallest absolute Gasteiger partial charge is 0.407 e. The lowest BCUT2D eigenvalue weighted by Gasteiger charge is -2.26. The monoisotopic (exact) mass is 213 g/mol. The van der Waals surface area contributed by atoms with Crippen LogP contribution in [0.5, 0.6) is 0 Å². The minimum absolute atomic E-state index is 0.233. The van der Waals surface area contributed by atoms with Crippen molar-refractivity contribution in [3.63, 3.8) is 0 Å². The molecule has 3 nitrogen and oxygen atoms in total. The van der Waals surface area contributed by atoms with Gasteiger partial charge in [0.25, 0.3) is 0 Å². The lowest BCUT2D eigenvalue weighted by molar-refractivity contribution is 0.136. The van der Waals surface area contributed by atoms with E-state index in [1.165, 1.54) is 12.8 Å². The number of hydrogen-bond donors (Lipinski definition) is 1. The van der Waals surface area contributed by atoms with Crippen molar-refractivity contribution >= 4 is 6.09 Å². The first kappa shape index (κ1) is 12.3. The number of rotatable bonds is 4. The van der Waals surface area contributed by atoms with E-state index < -0.39 is 0 Å². The van der Waals surface area contributed by atoms with Gasteiger partial charge in [0.1, 0.15) is 0 Å². The summed E-state index contributed by atoms with van der Waals surface area (Å²) < 4.78 is 5.06. The van der Waals surface area contributed by atoms with Gasteiger partial charge in [-0.25, -0.2) is 4.79 Å². The fourth-order valence-corrected chi connectivity index (χ4v) is 1.92. The molecule has 15 heavy (non-hydrogen) atoms. The van der Waals surface area contributed by atoms with E-state index in [0.717, 1.165) is 31.6 Å². The molecule has 1 N–H and O–H groups in total. The van der Waals surface area contributed by atoms with E-state index >= 15 is 0 Å². The molecule has 0 radical (unpaired) electrons. The predicted molar refractivity (Wildman–Crippen MR) is 60.8 cm³/mol. The molecule has 1 amide bonds. The zero-order valence-electron chi connectivity index (χ0n) is 9.92. The van der Waals surface area contributed by atoms with Crippen molar-refractivity contribution in [1.29, 1.82) is 0 Å². The van der Waals surface area contributed by atoms with Gasteiger partial charge in [-0.05, 0) is 38.0 Å². The van der Waals surface area contributed by atoms with Crippen LogP contribution in [0.4, 0.5) is 4.79 Å². The fourth-order valence-electron chi connectivity index (χ4n) is 1.92. The minimum Gasteiger partial charge on any atom is -0.450 e. The molecule has 0 aromatic heterocycles. The van der Waals surface area contributed by atoms with Gasteiger partial charge in [0.15, 0.2) is 0 Å². The van der Waals surface area contributed by atoms with E-state index in [4.69, 9.17) is 4.74 Å². The average Bonchev–Trinajstić information content (AvgIpc) is 2.22. The van der Waals surface area contributed by atoms with Gasteiger partial charge < -0.3 is 10.1 Å². The van der Waals surface area contributed by atoms with E-state index in [0.29, 0.717) is 12.6 Å². The van der Waals surface area contributed by atoms with E-state index in [-0.39, 0.29) is 6.09 Å². The molecule has 88 valence electrons. The molecule has 0 bridgehead atoms. The molecule has 0 heterocycles. The molecular weight excluding hydrogens is 190 g/mol. The topological polar surface area (TPSA) is 38.3 Å². The molecular formula is C12H23NO2. The van der Waals surface area contributed by atoms with Crippen LogP contribution in [0.15, 0.2) is 0 Å². The van der Waals surface area contributed by atoms with Gasteiger partial charge in [-0.2, -0.15) is 0 Å². The van der Waals surface area contributed by atoms with Crippen LogP contribution in [0.1, 0.15) is 52.4 Å². The van der Waals surface area contributed by atoms with Crippen LogP contribution >= 0.6 is 0 Å². The lowest BCUT2D eigenvalue weighted by Crippen LogP contribution is -2.37. The number of nitrogens with one attached hydrogen (secondary N) is 1. The molecule has 1 aliphatic rings. The van der Waals surface area contributed by atoms with Crippen molar-refractivity contribution in [2.24, 2.45) is 5.92 Å². The van der Waals surface area contributed by atoms with Crippen molar-refractivity contribution in [2.75, 3.05) is 6.61 Å². The first-order valence-corrected chi connectivity index (χ1v) is 6.15. The summed E-state index contributed by atoms with van der Waals surface area (Å²) >= 11 is 0. The zero-order valence-corrected chi connectivity index (χ0v) is 9.92. The van der Waals surface area contributed by atoms with E-state index in [9.17, 15) is 4.79 Å². The Hall–Kier alpha value is -0.730. The van der Waals surface area contributed by atoms with Gasteiger partial charge in [-0.3, -0.25) is 0 Å². The van der Waals surface area contributed by atoms with Crippen LogP contribution in [0, 0.1) is 5.92 Å². The molecule has 0 aromatic carbocycles. The Bertz CT molecular complexity index is 186. The number of carbonyl (C=O) groups is 1. The van der Waals surface area contributed by atoms with Gasteiger partial charge >= 0.3 is 6.09 Å². The van der Waals surface area contributed by atoms with Crippen molar-refractivity contribution in [1.82, 2.24) is 5.32 Å². The first-order valence-electron chi connectivity index (χ1n) is 6.15. The molecule has 0 aliphatic heterocycles. The van der Waals surface area contributed by atoms with Gasteiger partial charge in [0, 0.05) is 6.04 Å². The maximum atomic E-state index is 11.3. The Morgan fingerprint density at radius 2 is 2.00 bits per heavy atom. The number of unbranched alkanes of at least 4 members (excludes halogenated alkanes) is 1. The highest BCUT2D eigenvalue weighted by molar-refractivity contribution is 5.67. The standard InChI is InChI=1S/C12H23NO2/c1-3-4-9-15-12(14)13-11-7-5-10(2)6-8-11/h10-11H,3-9H2,1-2H3,(H,13,14)/t10-,11-. The highest BCUT2D eigenvalue weighted by Gasteiger charge is 2.19. The Balaban J connectivity index is 2.09. The Morgan fingerprint density at radius 3 is 2.60 bits per heavy atom. The molecule has 3 heteroatoms. The molecule has 0 saturated heterocycles. The molecule has 1 rings (SSSR count). The molecule has 1 fully saturated rings. The molecule has 1 saturated carbocycles. The van der Waals surface area contributed by atoms with Crippen LogP contribution in [-0.4, -0.2) is 18.7 Å². The SMILES string of the molecule is CCCCOC(=O)N[C@H]1CC[C@H](C)CC1. The third kappa shape index (κ3) is 5.05. The maximum absolute atomic E-state index is 11.3. The number of ether oxygens (including phenoxy) is 1. The second-order valence-electron chi connectivity index (χ2n) is 4.59. The molecule has 0 atom stereocenters. The number of amides is 1. The van der Waals surface area contributed by atoms with Crippen LogP contribution in [0.25, 0.3) is 0 Å². The Kier molecular flexibility index (Phi) is 5.51. The lowest BCUT2D eigenvalue weighted by atomic mass is 9.87. The maximum Gasteiger partial charge on any atom is 0.407 e. The van der Waals surface area contributed by atoms with Crippen LogP contribution in [0.3, 0.4) is 0 Å². The molecule has 1 aliphatic carbocycles. The average molecular weight is 213 g/mol. The second kappa shape index (κ2) is 6.70. The summed E-state index contributed by atoms with van der Waals surface area (Å²) in [5.41, 5.74) is 0. The summed E-state index contributed by atoms with van der Waals surface area (Å²) in [7, 11) is 0. The fraction of sp³-hybridized carbons (Fsp3) is 0.917. The normalized spacial score (nSPS) is 26.0. The van der Waals surface area contributed by atoms with Gasteiger partial charge in [-0.1, -0.05) is 20.3 Å². The van der Waals surface area contributed by atoms with Crippen molar-refractivity contribution in [2.45, 2.75) is 58.4 Å². The number of hydrogen-bond acceptors (Lipinski definition) is 2. The minimum atomic E-state index is -0.233.